The minimum absolute atomic E-state index is 1.07. The summed E-state index contributed by atoms with van der Waals surface area (Å²) in [4.78, 5) is 0. The third kappa shape index (κ3) is 1.98. The highest BCUT2D eigenvalue weighted by atomic mass is 14.3. The fraction of sp³-hybridized carbons (Fsp3) is 0.909. The lowest BCUT2D eigenvalue weighted by Gasteiger charge is -2.19. The summed E-state index contributed by atoms with van der Waals surface area (Å²) in [6.07, 6.45) is 14.5. The molecule has 0 amide bonds. The Bertz CT molecular complexity index is 99.2. The van der Waals surface area contributed by atoms with E-state index in [-0.39, 0.29) is 0 Å². The molecule has 63 valence electrons. The lowest BCUT2D eigenvalue weighted by Crippen LogP contribution is -2.04. The summed E-state index contributed by atoms with van der Waals surface area (Å²) in [6, 6.07) is 0. The molecule has 2 saturated carbocycles. The van der Waals surface area contributed by atoms with Gasteiger partial charge in [-0.2, -0.15) is 0 Å². The maximum atomic E-state index is 2.56. The van der Waals surface area contributed by atoms with Crippen molar-refractivity contribution in [3.8, 4) is 0 Å². The largest absolute Gasteiger partial charge is 0.0530 e. The highest BCUT2D eigenvalue weighted by Gasteiger charge is 2.20. The Kier molecular flexibility index (Phi) is 2.50. The van der Waals surface area contributed by atoms with Crippen LogP contribution in [0.3, 0.4) is 0 Å². The topological polar surface area (TPSA) is 0 Å². The molecule has 11 heavy (non-hydrogen) atoms. The molecular weight excluding hydrogens is 132 g/mol. The van der Waals surface area contributed by atoms with Crippen LogP contribution in [0.15, 0.2) is 0 Å². The molecule has 2 atom stereocenters. The maximum Gasteiger partial charge on any atom is -0.0380 e. The third-order valence-electron chi connectivity index (χ3n) is 3.46. The first kappa shape index (κ1) is 7.64. The molecule has 0 heterocycles. The van der Waals surface area contributed by atoms with Crippen molar-refractivity contribution in [1.29, 1.82) is 0 Å². The molecule has 2 fully saturated rings. The van der Waals surface area contributed by atoms with Crippen LogP contribution in [-0.4, -0.2) is 0 Å². The molecule has 2 unspecified atom stereocenters. The van der Waals surface area contributed by atoms with Gasteiger partial charge in [-0.05, 0) is 31.1 Å². The molecule has 0 N–H and O–H groups in total. The summed E-state index contributed by atoms with van der Waals surface area (Å²) in [7, 11) is 0. The average Bonchev–Trinajstić information content (AvgIpc) is 2.11. The molecule has 2 rings (SSSR count). The molecule has 0 aromatic rings. The van der Waals surface area contributed by atoms with Crippen LogP contribution < -0.4 is 0 Å². The Morgan fingerprint density at radius 2 is 1.27 bits per heavy atom. The van der Waals surface area contributed by atoms with Crippen molar-refractivity contribution in [2.45, 2.75) is 51.4 Å². The number of fused-ring (bicyclic) bond motifs is 3. The second kappa shape index (κ2) is 3.60. The van der Waals surface area contributed by atoms with E-state index in [0.29, 0.717) is 0 Å². The van der Waals surface area contributed by atoms with Gasteiger partial charge < -0.3 is 0 Å². The van der Waals surface area contributed by atoms with Crippen molar-refractivity contribution in [2.75, 3.05) is 0 Å². The fourth-order valence-corrected chi connectivity index (χ4v) is 2.67. The Morgan fingerprint density at radius 3 is 1.82 bits per heavy atom. The maximum absolute atomic E-state index is 2.56. The smallest absolute Gasteiger partial charge is 0.0380 e. The highest BCUT2D eigenvalue weighted by molar-refractivity contribution is 4.82. The standard InChI is InChI=1S/C11H19/c1-2-5-11-7-3-6-10(4-1)8-9-11/h3,10-11H,1-2,4-9H2. The predicted octanol–water partition coefficient (Wildman–Crippen LogP) is 3.57. The van der Waals surface area contributed by atoms with Gasteiger partial charge in [-0.25, -0.2) is 0 Å². The molecule has 2 aliphatic rings. The van der Waals surface area contributed by atoms with Crippen molar-refractivity contribution in [2.24, 2.45) is 11.8 Å². The van der Waals surface area contributed by atoms with Crippen LogP contribution in [-0.2, 0) is 0 Å². The normalized spacial score (nSPS) is 39.3. The van der Waals surface area contributed by atoms with Crippen molar-refractivity contribution in [1.82, 2.24) is 0 Å². The van der Waals surface area contributed by atoms with E-state index in [4.69, 9.17) is 0 Å². The second-order valence-corrected chi connectivity index (χ2v) is 4.35. The van der Waals surface area contributed by atoms with Gasteiger partial charge >= 0.3 is 0 Å². The van der Waals surface area contributed by atoms with E-state index in [1.807, 2.05) is 0 Å². The second-order valence-electron chi connectivity index (χ2n) is 4.35. The van der Waals surface area contributed by atoms with Crippen molar-refractivity contribution in [3.05, 3.63) is 6.42 Å². The fourth-order valence-electron chi connectivity index (χ4n) is 2.67. The summed E-state index contributed by atoms with van der Waals surface area (Å²) in [5.41, 5.74) is 0. The first-order chi connectivity index (χ1) is 5.45. The van der Waals surface area contributed by atoms with Gasteiger partial charge in [-0.1, -0.05) is 38.5 Å². The monoisotopic (exact) mass is 151 g/mol. The van der Waals surface area contributed by atoms with E-state index in [0.717, 1.165) is 11.8 Å². The van der Waals surface area contributed by atoms with E-state index in [2.05, 4.69) is 6.42 Å². The molecule has 2 bridgehead atoms. The van der Waals surface area contributed by atoms with E-state index < -0.39 is 0 Å². The molecule has 1 radical (unpaired) electrons. The zero-order valence-electron chi connectivity index (χ0n) is 7.39. The van der Waals surface area contributed by atoms with Crippen molar-refractivity contribution >= 4 is 0 Å². The molecule has 0 heteroatoms. The van der Waals surface area contributed by atoms with Gasteiger partial charge in [0, 0.05) is 0 Å². The third-order valence-corrected chi connectivity index (χ3v) is 3.46. The molecule has 0 aromatic carbocycles. The van der Waals surface area contributed by atoms with Crippen LogP contribution in [0.5, 0.6) is 0 Å². The summed E-state index contributed by atoms with van der Waals surface area (Å²) in [5, 5.41) is 0. The van der Waals surface area contributed by atoms with Gasteiger partial charge in [0.15, 0.2) is 0 Å². The molecular formula is C11H19. The first-order valence-electron chi connectivity index (χ1n) is 5.27. The number of hydrogen-bond acceptors (Lipinski definition) is 0. The van der Waals surface area contributed by atoms with E-state index in [9.17, 15) is 0 Å². The molecule has 0 nitrogen and oxygen atoms in total. The van der Waals surface area contributed by atoms with Crippen molar-refractivity contribution in [3.63, 3.8) is 0 Å². The van der Waals surface area contributed by atoms with Crippen LogP contribution in [0.25, 0.3) is 0 Å². The lowest BCUT2D eigenvalue weighted by atomic mass is 9.87. The average molecular weight is 151 g/mol. The zero-order valence-corrected chi connectivity index (χ0v) is 7.39. The molecule has 0 saturated heterocycles. The van der Waals surface area contributed by atoms with Gasteiger partial charge in [-0.15, -0.1) is 0 Å². The molecule has 2 aliphatic carbocycles. The van der Waals surface area contributed by atoms with E-state index >= 15 is 0 Å². The highest BCUT2D eigenvalue weighted by Crippen LogP contribution is 2.35. The number of rotatable bonds is 0. The van der Waals surface area contributed by atoms with Gasteiger partial charge in [-0.3, -0.25) is 0 Å². The Hall–Kier alpha value is 0. The van der Waals surface area contributed by atoms with Gasteiger partial charge in [0.2, 0.25) is 0 Å². The molecule has 0 spiro atoms. The Morgan fingerprint density at radius 1 is 0.727 bits per heavy atom. The summed E-state index contributed by atoms with van der Waals surface area (Å²) >= 11 is 0. The SMILES string of the molecule is [CH]1CC2CCCCC(C1)CC2. The van der Waals surface area contributed by atoms with Crippen LogP contribution in [0.2, 0.25) is 0 Å². The van der Waals surface area contributed by atoms with Gasteiger partial charge in [0.05, 0.1) is 0 Å². The molecule has 0 aromatic heterocycles. The van der Waals surface area contributed by atoms with Crippen LogP contribution in [0, 0.1) is 18.3 Å². The minimum atomic E-state index is 1.07. The van der Waals surface area contributed by atoms with Crippen LogP contribution in [0.4, 0.5) is 0 Å². The van der Waals surface area contributed by atoms with Crippen LogP contribution >= 0.6 is 0 Å². The van der Waals surface area contributed by atoms with Crippen LogP contribution in [0.1, 0.15) is 51.4 Å². The summed E-state index contributed by atoms with van der Waals surface area (Å²) in [6.45, 7) is 0. The van der Waals surface area contributed by atoms with Gasteiger partial charge in [0.1, 0.15) is 0 Å². The number of hydrogen-bond donors (Lipinski definition) is 0. The predicted molar refractivity (Wildman–Crippen MR) is 48.2 cm³/mol. The van der Waals surface area contributed by atoms with E-state index in [1.54, 1.807) is 0 Å². The lowest BCUT2D eigenvalue weighted by molar-refractivity contribution is 0.342. The summed E-state index contributed by atoms with van der Waals surface area (Å²) < 4.78 is 0. The zero-order chi connectivity index (χ0) is 7.52. The summed E-state index contributed by atoms with van der Waals surface area (Å²) in [5.74, 6) is 2.14. The molecule has 0 aliphatic heterocycles. The van der Waals surface area contributed by atoms with Gasteiger partial charge in [0.25, 0.3) is 0 Å². The van der Waals surface area contributed by atoms with E-state index in [1.165, 1.54) is 51.4 Å². The Labute approximate surface area is 70.4 Å². The minimum Gasteiger partial charge on any atom is -0.0530 e. The first-order valence-corrected chi connectivity index (χ1v) is 5.27. The van der Waals surface area contributed by atoms with Crippen molar-refractivity contribution < 1.29 is 0 Å². The quantitative estimate of drug-likeness (QED) is 0.496. The Balaban J connectivity index is 1.97.